The molecule has 1 aliphatic rings. The Balaban J connectivity index is 2.16. The van der Waals surface area contributed by atoms with E-state index in [-0.39, 0.29) is 18.2 Å². The number of hydrogen-bond acceptors (Lipinski definition) is 2. The fourth-order valence-electron chi connectivity index (χ4n) is 2.19. The van der Waals surface area contributed by atoms with Gasteiger partial charge in [0.05, 0.1) is 0 Å². The Morgan fingerprint density at radius 2 is 2.29 bits per heavy atom. The van der Waals surface area contributed by atoms with Gasteiger partial charge in [-0.05, 0) is 30.9 Å². The summed E-state index contributed by atoms with van der Waals surface area (Å²) in [5, 5.41) is 11.5. The van der Waals surface area contributed by atoms with Crippen LogP contribution in [0.5, 0.6) is 0 Å². The number of carboxylic acids is 1. The van der Waals surface area contributed by atoms with Crippen molar-refractivity contribution in [2.45, 2.75) is 26.2 Å². The molecule has 4 heteroatoms. The van der Waals surface area contributed by atoms with Gasteiger partial charge in [0.2, 0.25) is 5.91 Å². The number of nitrogens with one attached hydrogen (secondary N) is 1. The summed E-state index contributed by atoms with van der Waals surface area (Å²) in [6.45, 7) is 1.96. The zero-order valence-electron chi connectivity index (χ0n) is 9.69. The Morgan fingerprint density at radius 3 is 3.00 bits per heavy atom. The number of rotatable bonds is 3. The molecule has 0 aromatic heterocycles. The Morgan fingerprint density at radius 1 is 1.53 bits per heavy atom. The van der Waals surface area contributed by atoms with Crippen LogP contribution in [0.15, 0.2) is 18.2 Å². The van der Waals surface area contributed by atoms with Crippen LogP contribution < -0.4 is 5.32 Å². The van der Waals surface area contributed by atoms with Gasteiger partial charge in [0.1, 0.15) is 0 Å². The maximum atomic E-state index is 11.8. The summed E-state index contributed by atoms with van der Waals surface area (Å²) in [6.07, 6.45) is 1.07. The van der Waals surface area contributed by atoms with Gasteiger partial charge in [-0.15, -0.1) is 0 Å². The van der Waals surface area contributed by atoms with Gasteiger partial charge in [-0.25, -0.2) is 0 Å². The van der Waals surface area contributed by atoms with E-state index in [4.69, 9.17) is 5.11 Å². The number of aliphatic carboxylic acids is 1. The van der Waals surface area contributed by atoms with Crippen molar-refractivity contribution in [2.24, 2.45) is 5.92 Å². The van der Waals surface area contributed by atoms with E-state index in [1.165, 1.54) is 0 Å². The number of carbonyl (C=O) groups is 2. The number of amides is 1. The van der Waals surface area contributed by atoms with E-state index in [1.54, 1.807) is 0 Å². The van der Waals surface area contributed by atoms with Gasteiger partial charge in [0.25, 0.3) is 0 Å². The lowest BCUT2D eigenvalue weighted by molar-refractivity contribution is -0.137. The maximum absolute atomic E-state index is 11.8. The highest BCUT2D eigenvalue weighted by atomic mass is 16.4. The van der Waals surface area contributed by atoms with E-state index in [0.717, 1.165) is 16.8 Å². The van der Waals surface area contributed by atoms with Crippen molar-refractivity contribution in [1.82, 2.24) is 0 Å². The highest BCUT2D eigenvalue weighted by molar-refractivity contribution is 5.96. The second kappa shape index (κ2) is 4.57. The van der Waals surface area contributed by atoms with Gasteiger partial charge in [-0.2, -0.15) is 0 Å². The van der Waals surface area contributed by atoms with Crippen LogP contribution in [-0.4, -0.2) is 17.0 Å². The second-order valence-corrected chi connectivity index (χ2v) is 4.43. The highest BCUT2D eigenvalue weighted by Gasteiger charge is 2.26. The summed E-state index contributed by atoms with van der Waals surface area (Å²) in [5.41, 5.74) is 3.04. The Labute approximate surface area is 99.6 Å². The molecule has 1 aliphatic heterocycles. The van der Waals surface area contributed by atoms with Crippen LogP contribution in [0, 0.1) is 12.8 Å². The van der Waals surface area contributed by atoms with Crippen LogP contribution in [0.4, 0.5) is 5.69 Å². The Kier molecular flexibility index (Phi) is 3.13. The molecule has 1 aromatic rings. The summed E-state index contributed by atoms with van der Waals surface area (Å²) in [4.78, 5) is 22.3. The van der Waals surface area contributed by atoms with Gasteiger partial charge < -0.3 is 10.4 Å². The van der Waals surface area contributed by atoms with Gasteiger partial charge in [0.15, 0.2) is 0 Å². The average molecular weight is 233 g/mol. The zero-order chi connectivity index (χ0) is 12.4. The fourth-order valence-corrected chi connectivity index (χ4v) is 2.19. The standard InChI is InChI=1S/C13H15NO3/c1-8-3-2-4-9-7-10(5-6-11(15)16)13(17)14-12(8)9/h2-4,10H,5-7H2,1H3,(H,14,17)(H,15,16). The summed E-state index contributed by atoms with van der Waals surface area (Å²) < 4.78 is 0. The van der Waals surface area contributed by atoms with Crippen LogP contribution in [0.3, 0.4) is 0 Å². The summed E-state index contributed by atoms with van der Waals surface area (Å²) in [5.74, 6) is -1.14. The van der Waals surface area contributed by atoms with Crippen LogP contribution >= 0.6 is 0 Å². The molecule has 4 nitrogen and oxygen atoms in total. The molecule has 0 aliphatic carbocycles. The number of aryl methyl sites for hydroxylation is 1. The zero-order valence-corrected chi connectivity index (χ0v) is 9.69. The van der Waals surface area contributed by atoms with Gasteiger partial charge >= 0.3 is 5.97 Å². The highest BCUT2D eigenvalue weighted by Crippen LogP contribution is 2.30. The molecule has 1 amide bonds. The third-order valence-corrected chi connectivity index (χ3v) is 3.15. The SMILES string of the molecule is Cc1cccc2c1NC(=O)C(CCC(=O)O)C2. The lowest BCUT2D eigenvalue weighted by atomic mass is 9.88. The van der Waals surface area contributed by atoms with Crippen molar-refractivity contribution in [3.05, 3.63) is 29.3 Å². The van der Waals surface area contributed by atoms with E-state index in [9.17, 15) is 9.59 Å². The molecule has 1 unspecified atom stereocenters. The van der Waals surface area contributed by atoms with Crippen LogP contribution in [0.1, 0.15) is 24.0 Å². The van der Waals surface area contributed by atoms with Crippen LogP contribution in [0.2, 0.25) is 0 Å². The number of carboxylic acid groups (broad SMARTS) is 1. The van der Waals surface area contributed by atoms with Crippen molar-refractivity contribution in [1.29, 1.82) is 0 Å². The first-order valence-corrected chi connectivity index (χ1v) is 5.69. The smallest absolute Gasteiger partial charge is 0.303 e. The molecular formula is C13H15NO3. The molecule has 0 saturated heterocycles. The minimum absolute atomic E-state index is 0.0409. The molecule has 1 atom stereocenters. The monoisotopic (exact) mass is 233 g/mol. The van der Waals surface area contributed by atoms with Crippen LogP contribution in [0.25, 0.3) is 0 Å². The second-order valence-electron chi connectivity index (χ2n) is 4.43. The van der Waals surface area contributed by atoms with Crippen molar-refractivity contribution < 1.29 is 14.7 Å². The van der Waals surface area contributed by atoms with Crippen molar-refractivity contribution in [3.8, 4) is 0 Å². The maximum Gasteiger partial charge on any atom is 0.303 e. The first kappa shape index (κ1) is 11.6. The Bertz CT molecular complexity index is 468. The predicted molar refractivity (Wildman–Crippen MR) is 63.9 cm³/mol. The minimum Gasteiger partial charge on any atom is -0.481 e. The molecule has 2 N–H and O–H groups in total. The largest absolute Gasteiger partial charge is 0.481 e. The molecule has 0 fully saturated rings. The molecule has 1 aromatic carbocycles. The molecule has 0 bridgehead atoms. The number of anilines is 1. The van der Waals surface area contributed by atoms with Gasteiger partial charge in [-0.3, -0.25) is 9.59 Å². The summed E-state index contributed by atoms with van der Waals surface area (Å²) in [7, 11) is 0. The molecule has 90 valence electrons. The fraction of sp³-hybridized carbons (Fsp3) is 0.385. The van der Waals surface area contributed by atoms with Gasteiger partial charge in [0, 0.05) is 18.0 Å². The number of hydrogen-bond donors (Lipinski definition) is 2. The Hall–Kier alpha value is -1.84. The van der Waals surface area contributed by atoms with E-state index < -0.39 is 5.97 Å². The molecule has 2 rings (SSSR count). The predicted octanol–water partition coefficient (Wildman–Crippen LogP) is 1.97. The summed E-state index contributed by atoms with van der Waals surface area (Å²) in [6, 6.07) is 5.89. The topological polar surface area (TPSA) is 66.4 Å². The molecule has 1 heterocycles. The third kappa shape index (κ3) is 2.46. The lowest BCUT2D eigenvalue weighted by Crippen LogP contribution is -2.30. The number of fused-ring (bicyclic) bond motifs is 1. The van der Waals surface area contributed by atoms with Gasteiger partial charge in [-0.1, -0.05) is 18.2 Å². The van der Waals surface area contributed by atoms with E-state index >= 15 is 0 Å². The minimum atomic E-state index is -0.854. The average Bonchev–Trinajstić information content (AvgIpc) is 2.28. The van der Waals surface area contributed by atoms with E-state index in [1.807, 2.05) is 25.1 Å². The molecule has 17 heavy (non-hydrogen) atoms. The number of para-hydroxylation sites is 1. The first-order valence-electron chi connectivity index (χ1n) is 5.69. The lowest BCUT2D eigenvalue weighted by Gasteiger charge is -2.25. The first-order chi connectivity index (χ1) is 8.08. The quantitative estimate of drug-likeness (QED) is 0.838. The number of benzene rings is 1. The van der Waals surface area contributed by atoms with E-state index in [2.05, 4.69) is 5.32 Å². The van der Waals surface area contributed by atoms with Crippen molar-refractivity contribution in [2.75, 3.05) is 5.32 Å². The molecule has 0 radical (unpaired) electrons. The van der Waals surface area contributed by atoms with E-state index in [0.29, 0.717) is 12.8 Å². The molecule has 0 spiro atoms. The third-order valence-electron chi connectivity index (χ3n) is 3.15. The van der Waals surface area contributed by atoms with Crippen LogP contribution in [-0.2, 0) is 16.0 Å². The summed E-state index contributed by atoms with van der Waals surface area (Å²) >= 11 is 0. The van der Waals surface area contributed by atoms with Crippen molar-refractivity contribution >= 4 is 17.6 Å². The number of carbonyl (C=O) groups excluding carboxylic acids is 1. The molecular weight excluding hydrogens is 218 g/mol. The molecule has 0 saturated carbocycles. The normalized spacial score (nSPS) is 18.4. The van der Waals surface area contributed by atoms with Crippen molar-refractivity contribution in [3.63, 3.8) is 0 Å².